The molecule has 0 saturated heterocycles. The Morgan fingerprint density at radius 2 is 2.12 bits per heavy atom. The summed E-state index contributed by atoms with van der Waals surface area (Å²) in [4.78, 5) is 0. The zero-order valence-corrected chi connectivity index (χ0v) is 9.34. The fourth-order valence-corrected chi connectivity index (χ4v) is 1.43. The molecule has 90 valence electrons. The largest absolute Gasteiger partial charge is 0.387 e. The monoisotopic (exact) mass is 229 g/mol. The average Bonchev–Trinajstić information content (AvgIpc) is 2.28. The Hall–Kier alpha value is -1.00. The number of unbranched alkanes of at least 4 members (excludes halogenated alkanes) is 1. The van der Waals surface area contributed by atoms with Crippen molar-refractivity contribution in [3.63, 3.8) is 0 Å². The van der Waals surface area contributed by atoms with Gasteiger partial charge in [-0.05, 0) is 19.0 Å². The maximum Gasteiger partial charge on any atom is 0.164 e. The summed E-state index contributed by atoms with van der Waals surface area (Å²) in [6, 6.07) is 3.82. The molecule has 0 unspecified atom stereocenters. The van der Waals surface area contributed by atoms with E-state index < -0.39 is 17.7 Å². The zero-order chi connectivity index (χ0) is 12.0. The van der Waals surface area contributed by atoms with Crippen molar-refractivity contribution in [2.75, 3.05) is 13.1 Å². The van der Waals surface area contributed by atoms with Gasteiger partial charge in [0, 0.05) is 12.1 Å². The second-order valence-electron chi connectivity index (χ2n) is 3.72. The van der Waals surface area contributed by atoms with Gasteiger partial charge in [0.2, 0.25) is 0 Å². The van der Waals surface area contributed by atoms with E-state index in [1.165, 1.54) is 12.1 Å². The highest BCUT2D eigenvalue weighted by atomic mass is 19.2. The van der Waals surface area contributed by atoms with E-state index in [1.54, 1.807) is 0 Å². The summed E-state index contributed by atoms with van der Waals surface area (Å²) in [6.07, 6.45) is 1.04. The maximum atomic E-state index is 13.3. The quantitative estimate of drug-likeness (QED) is 0.734. The van der Waals surface area contributed by atoms with E-state index in [1.807, 2.05) is 0 Å². The van der Waals surface area contributed by atoms with Gasteiger partial charge in [-0.25, -0.2) is 8.78 Å². The van der Waals surface area contributed by atoms with Crippen LogP contribution < -0.4 is 5.32 Å². The first-order valence-electron chi connectivity index (χ1n) is 5.49. The highest BCUT2D eigenvalue weighted by molar-refractivity contribution is 5.21. The minimum absolute atomic E-state index is 0.00370. The highest BCUT2D eigenvalue weighted by Crippen LogP contribution is 2.18. The van der Waals surface area contributed by atoms with Gasteiger partial charge in [0.15, 0.2) is 11.6 Å². The van der Waals surface area contributed by atoms with Crippen molar-refractivity contribution in [3.8, 4) is 0 Å². The lowest BCUT2D eigenvalue weighted by Gasteiger charge is -2.13. The lowest BCUT2D eigenvalue weighted by molar-refractivity contribution is 0.169. The third-order valence-corrected chi connectivity index (χ3v) is 2.39. The summed E-state index contributed by atoms with van der Waals surface area (Å²) in [5, 5.41) is 12.6. The molecule has 1 aromatic carbocycles. The van der Waals surface area contributed by atoms with E-state index in [9.17, 15) is 13.9 Å². The van der Waals surface area contributed by atoms with Crippen molar-refractivity contribution in [1.29, 1.82) is 0 Å². The van der Waals surface area contributed by atoms with E-state index in [4.69, 9.17) is 0 Å². The van der Waals surface area contributed by atoms with Gasteiger partial charge in [-0.2, -0.15) is 0 Å². The lowest BCUT2D eigenvalue weighted by Crippen LogP contribution is -2.23. The number of halogens is 2. The third-order valence-electron chi connectivity index (χ3n) is 2.39. The number of nitrogens with one attached hydrogen (secondary N) is 1. The molecule has 0 bridgehead atoms. The molecule has 0 spiro atoms. The third kappa shape index (κ3) is 3.54. The first-order chi connectivity index (χ1) is 7.66. The molecule has 1 rings (SSSR count). The molecule has 0 heterocycles. The molecule has 0 saturated carbocycles. The van der Waals surface area contributed by atoms with Gasteiger partial charge in [0.1, 0.15) is 0 Å². The molecule has 16 heavy (non-hydrogen) atoms. The van der Waals surface area contributed by atoms with Gasteiger partial charge in [-0.15, -0.1) is 0 Å². The fraction of sp³-hybridized carbons (Fsp3) is 0.500. The topological polar surface area (TPSA) is 32.3 Å². The van der Waals surface area contributed by atoms with E-state index in [-0.39, 0.29) is 12.1 Å². The van der Waals surface area contributed by atoms with Crippen LogP contribution in [0.15, 0.2) is 18.2 Å². The van der Waals surface area contributed by atoms with Crippen LogP contribution in [0.3, 0.4) is 0 Å². The van der Waals surface area contributed by atoms with Gasteiger partial charge in [0.25, 0.3) is 0 Å². The molecular formula is C12H17F2NO. The highest BCUT2D eigenvalue weighted by Gasteiger charge is 2.14. The summed E-state index contributed by atoms with van der Waals surface area (Å²) in [5.74, 6) is -1.89. The summed E-state index contributed by atoms with van der Waals surface area (Å²) in [6.45, 7) is 3.06. The second kappa shape index (κ2) is 6.55. The number of benzene rings is 1. The second-order valence-corrected chi connectivity index (χ2v) is 3.72. The van der Waals surface area contributed by atoms with Crippen LogP contribution in [-0.2, 0) is 0 Å². The predicted molar refractivity (Wildman–Crippen MR) is 59.1 cm³/mol. The Morgan fingerprint density at radius 1 is 1.38 bits per heavy atom. The SMILES string of the molecule is CCCCNC[C@H](O)c1cccc(F)c1F. The molecule has 0 radical (unpaired) electrons. The average molecular weight is 229 g/mol. The van der Waals surface area contributed by atoms with Gasteiger partial charge < -0.3 is 10.4 Å². The van der Waals surface area contributed by atoms with E-state index >= 15 is 0 Å². The fourth-order valence-electron chi connectivity index (χ4n) is 1.43. The molecule has 0 aliphatic heterocycles. The van der Waals surface area contributed by atoms with Crippen LogP contribution in [0.5, 0.6) is 0 Å². The van der Waals surface area contributed by atoms with Crippen LogP contribution in [0, 0.1) is 11.6 Å². The molecule has 2 N–H and O–H groups in total. The number of rotatable bonds is 6. The van der Waals surface area contributed by atoms with Crippen LogP contribution in [-0.4, -0.2) is 18.2 Å². The van der Waals surface area contributed by atoms with Crippen molar-refractivity contribution in [2.24, 2.45) is 0 Å². The smallest absolute Gasteiger partial charge is 0.164 e. The number of aliphatic hydroxyl groups is 1. The summed E-state index contributed by atoms with van der Waals surface area (Å²) in [7, 11) is 0. The maximum absolute atomic E-state index is 13.3. The molecule has 1 atom stereocenters. The Balaban J connectivity index is 2.52. The van der Waals surface area contributed by atoms with Crippen LogP contribution in [0.2, 0.25) is 0 Å². The minimum atomic E-state index is -1.01. The van der Waals surface area contributed by atoms with E-state index in [2.05, 4.69) is 12.2 Å². The molecular weight excluding hydrogens is 212 g/mol. The van der Waals surface area contributed by atoms with Crippen molar-refractivity contribution < 1.29 is 13.9 Å². The molecule has 0 aromatic heterocycles. The first kappa shape index (κ1) is 13.1. The van der Waals surface area contributed by atoms with E-state index in [0.29, 0.717) is 0 Å². The van der Waals surface area contributed by atoms with Crippen LogP contribution in [0.25, 0.3) is 0 Å². The number of hydrogen-bond acceptors (Lipinski definition) is 2. The predicted octanol–water partition coefficient (Wildman–Crippen LogP) is 2.39. The van der Waals surface area contributed by atoms with E-state index in [0.717, 1.165) is 25.5 Å². The molecule has 2 nitrogen and oxygen atoms in total. The Kier molecular flexibility index (Phi) is 5.35. The Morgan fingerprint density at radius 3 is 2.81 bits per heavy atom. The van der Waals surface area contributed by atoms with Crippen molar-refractivity contribution in [3.05, 3.63) is 35.4 Å². The molecule has 0 aliphatic rings. The van der Waals surface area contributed by atoms with Crippen LogP contribution >= 0.6 is 0 Å². The minimum Gasteiger partial charge on any atom is -0.387 e. The first-order valence-corrected chi connectivity index (χ1v) is 5.49. The van der Waals surface area contributed by atoms with Crippen LogP contribution in [0.1, 0.15) is 31.4 Å². The molecule has 4 heteroatoms. The van der Waals surface area contributed by atoms with Gasteiger partial charge in [-0.3, -0.25) is 0 Å². The normalized spacial score (nSPS) is 12.8. The van der Waals surface area contributed by atoms with Crippen LogP contribution in [0.4, 0.5) is 8.78 Å². The summed E-state index contributed by atoms with van der Waals surface area (Å²) in [5.41, 5.74) is 0.00370. The number of hydrogen-bond donors (Lipinski definition) is 2. The Bertz CT molecular complexity index is 331. The summed E-state index contributed by atoms with van der Waals surface area (Å²) < 4.78 is 26.1. The van der Waals surface area contributed by atoms with Crippen molar-refractivity contribution >= 4 is 0 Å². The number of aliphatic hydroxyl groups excluding tert-OH is 1. The molecule has 0 amide bonds. The zero-order valence-electron chi connectivity index (χ0n) is 9.34. The van der Waals surface area contributed by atoms with Gasteiger partial charge in [-0.1, -0.05) is 25.5 Å². The van der Waals surface area contributed by atoms with Crippen molar-refractivity contribution in [1.82, 2.24) is 5.32 Å². The van der Waals surface area contributed by atoms with Gasteiger partial charge >= 0.3 is 0 Å². The lowest BCUT2D eigenvalue weighted by atomic mass is 10.1. The van der Waals surface area contributed by atoms with Gasteiger partial charge in [0.05, 0.1) is 6.10 Å². The Labute approximate surface area is 94.3 Å². The standard InChI is InChI=1S/C12H17F2NO/c1-2-3-7-15-8-11(16)9-5-4-6-10(13)12(9)14/h4-6,11,15-16H,2-3,7-8H2,1H3/t11-/m0/s1. The molecule has 1 aromatic rings. The molecule has 0 fully saturated rings. The molecule has 0 aliphatic carbocycles. The van der Waals surface area contributed by atoms with Crippen molar-refractivity contribution in [2.45, 2.75) is 25.9 Å². The summed E-state index contributed by atoms with van der Waals surface area (Å²) >= 11 is 0.